The lowest BCUT2D eigenvalue weighted by molar-refractivity contribution is -0.384. The summed E-state index contributed by atoms with van der Waals surface area (Å²) in [6, 6.07) is 22.8. The zero-order chi connectivity index (χ0) is 24.8. The number of amides is 1. The van der Waals surface area contributed by atoms with Crippen LogP contribution in [-0.4, -0.2) is 30.8 Å². The normalized spacial score (nSPS) is 11.6. The highest BCUT2D eigenvalue weighted by Gasteiger charge is 2.21. The molecule has 1 heterocycles. The van der Waals surface area contributed by atoms with Gasteiger partial charge in [0.15, 0.2) is 11.0 Å². The first kappa shape index (κ1) is 24.2. The maximum Gasteiger partial charge on any atom is 0.269 e. The number of aromatic nitrogens is 3. The van der Waals surface area contributed by atoms with Crippen molar-refractivity contribution in [3.63, 3.8) is 0 Å². The largest absolute Gasteiger partial charge is 0.377 e. The van der Waals surface area contributed by atoms with Gasteiger partial charge in [-0.15, -0.1) is 10.2 Å². The number of rotatable bonds is 9. The fourth-order valence-corrected chi connectivity index (χ4v) is 4.32. The number of nitrogens with zero attached hydrogens (tertiary/aromatic N) is 4. The van der Waals surface area contributed by atoms with E-state index >= 15 is 0 Å². The topological polar surface area (TPSA) is 115 Å². The summed E-state index contributed by atoms with van der Waals surface area (Å²) in [4.78, 5) is 23.1. The number of non-ortho nitro benzene ring substituents is 1. The molecule has 4 aromatic rings. The molecule has 0 aliphatic carbocycles. The highest BCUT2D eigenvalue weighted by atomic mass is 35.5. The van der Waals surface area contributed by atoms with Gasteiger partial charge in [0.25, 0.3) is 5.69 Å². The molecule has 0 aliphatic heterocycles. The van der Waals surface area contributed by atoms with Crippen LogP contribution in [0.4, 0.5) is 17.1 Å². The minimum absolute atomic E-state index is 0.0423. The predicted octanol–water partition coefficient (Wildman–Crippen LogP) is 5.56. The van der Waals surface area contributed by atoms with Crippen LogP contribution in [0.25, 0.3) is 5.69 Å². The molecule has 1 unspecified atom stereocenters. The van der Waals surface area contributed by atoms with Gasteiger partial charge >= 0.3 is 0 Å². The van der Waals surface area contributed by atoms with Crippen molar-refractivity contribution in [2.24, 2.45) is 0 Å². The van der Waals surface area contributed by atoms with Gasteiger partial charge in [-0.3, -0.25) is 19.5 Å². The van der Waals surface area contributed by atoms with E-state index in [-0.39, 0.29) is 11.6 Å². The molecule has 0 saturated heterocycles. The van der Waals surface area contributed by atoms with Crippen LogP contribution in [0.1, 0.15) is 12.7 Å². The molecule has 4 rings (SSSR count). The van der Waals surface area contributed by atoms with Crippen molar-refractivity contribution in [1.82, 2.24) is 14.8 Å². The van der Waals surface area contributed by atoms with E-state index in [9.17, 15) is 14.9 Å². The number of carbonyl (C=O) groups is 1. The first-order valence-electron chi connectivity index (χ1n) is 10.6. The average Bonchev–Trinajstić information content (AvgIpc) is 3.26. The standard InChI is InChI=1S/C24H21ClN6O3S/c1-16(23(32)27-17-11-13-19(14-12-17)31(33)34)35-24-29-28-22(30(24)18-7-3-2-4-8-18)15-26-21-10-6-5-9-20(21)25/h2-14,16,26H,15H2,1H3,(H,27,32). The van der Waals surface area contributed by atoms with E-state index < -0.39 is 10.2 Å². The summed E-state index contributed by atoms with van der Waals surface area (Å²) in [5.74, 6) is 0.392. The first-order chi connectivity index (χ1) is 16.9. The Labute approximate surface area is 210 Å². The summed E-state index contributed by atoms with van der Waals surface area (Å²) in [6.07, 6.45) is 0. The van der Waals surface area contributed by atoms with Crippen molar-refractivity contribution >= 4 is 46.3 Å². The molecule has 0 saturated carbocycles. The second kappa shape index (κ2) is 11.0. The molecule has 0 radical (unpaired) electrons. The van der Waals surface area contributed by atoms with Crippen LogP contribution in [0.2, 0.25) is 5.02 Å². The van der Waals surface area contributed by atoms with Crippen LogP contribution in [0.5, 0.6) is 0 Å². The number of benzene rings is 3. The monoisotopic (exact) mass is 508 g/mol. The Morgan fingerprint density at radius 3 is 2.43 bits per heavy atom. The Morgan fingerprint density at radius 1 is 1.06 bits per heavy atom. The molecule has 3 aromatic carbocycles. The van der Waals surface area contributed by atoms with E-state index in [1.54, 1.807) is 13.0 Å². The number of anilines is 2. The number of nitro benzene ring substituents is 1. The maximum atomic E-state index is 12.8. The Balaban J connectivity index is 1.51. The molecular weight excluding hydrogens is 488 g/mol. The number of halogens is 1. The Kier molecular flexibility index (Phi) is 7.64. The van der Waals surface area contributed by atoms with Gasteiger partial charge in [-0.1, -0.05) is 53.7 Å². The summed E-state index contributed by atoms with van der Waals surface area (Å²) >= 11 is 7.52. The van der Waals surface area contributed by atoms with Crippen LogP contribution in [0.15, 0.2) is 84.0 Å². The number of hydrogen-bond donors (Lipinski definition) is 2. The van der Waals surface area contributed by atoms with Crippen molar-refractivity contribution in [2.45, 2.75) is 23.9 Å². The van der Waals surface area contributed by atoms with Crippen molar-refractivity contribution in [1.29, 1.82) is 0 Å². The maximum absolute atomic E-state index is 12.8. The van der Waals surface area contributed by atoms with Gasteiger partial charge < -0.3 is 10.6 Å². The fourth-order valence-electron chi connectivity index (χ4n) is 3.23. The number of carbonyl (C=O) groups excluding carboxylic acids is 1. The predicted molar refractivity (Wildman–Crippen MR) is 137 cm³/mol. The van der Waals surface area contributed by atoms with Crippen molar-refractivity contribution in [3.8, 4) is 5.69 Å². The summed E-state index contributed by atoms with van der Waals surface area (Å²) in [6.45, 7) is 2.13. The van der Waals surface area contributed by atoms with Crippen molar-refractivity contribution < 1.29 is 9.72 Å². The molecule has 1 atom stereocenters. The smallest absolute Gasteiger partial charge is 0.269 e. The molecule has 9 nitrogen and oxygen atoms in total. The zero-order valence-electron chi connectivity index (χ0n) is 18.6. The minimum atomic E-state index is -0.513. The molecule has 178 valence electrons. The second-order valence-electron chi connectivity index (χ2n) is 7.46. The molecule has 1 amide bonds. The number of hydrogen-bond acceptors (Lipinski definition) is 7. The second-order valence-corrected chi connectivity index (χ2v) is 9.17. The van der Waals surface area contributed by atoms with Crippen LogP contribution >= 0.6 is 23.4 Å². The van der Waals surface area contributed by atoms with E-state index in [0.29, 0.717) is 28.2 Å². The summed E-state index contributed by atoms with van der Waals surface area (Å²) in [5.41, 5.74) is 2.07. The third-order valence-electron chi connectivity index (χ3n) is 5.02. The third kappa shape index (κ3) is 5.97. The van der Waals surface area contributed by atoms with E-state index in [1.807, 2.05) is 53.1 Å². The van der Waals surface area contributed by atoms with Gasteiger partial charge in [0.05, 0.1) is 27.4 Å². The van der Waals surface area contributed by atoms with Gasteiger partial charge in [0.2, 0.25) is 5.91 Å². The van der Waals surface area contributed by atoms with Gasteiger partial charge in [0, 0.05) is 23.5 Å². The quantitative estimate of drug-likeness (QED) is 0.173. The van der Waals surface area contributed by atoms with Gasteiger partial charge in [-0.25, -0.2) is 0 Å². The molecule has 35 heavy (non-hydrogen) atoms. The van der Waals surface area contributed by atoms with E-state index in [2.05, 4.69) is 20.8 Å². The lowest BCUT2D eigenvalue weighted by Crippen LogP contribution is -2.23. The lowest BCUT2D eigenvalue weighted by Gasteiger charge is -2.14. The van der Waals surface area contributed by atoms with Crippen LogP contribution in [-0.2, 0) is 11.3 Å². The highest BCUT2D eigenvalue weighted by Crippen LogP contribution is 2.28. The molecule has 0 fully saturated rings. The molecule has 0 spiro atoms. The van der Waals surface area contributed by atoms with E-state index in [4.69, 9.17) is 11.6 Å². The molecule has 2 N–H and O–H groups in total. The fraction of sp³-hybridized carbons (Fsp3) is 0.125. The number of nitro groups is 1. The van der Waals surface area contributed by atoms with E-state index in [0.717, 1.165) is 11.4 Å². The highest BCUT2D eigenvalue weighted by molar-refractivity contribution is 8.00. The molecule has 0 aliphatic rings. The van der Waals surface area contributed by atoms with Gasteiger partial charge in [-0.2, -0.15) is 0 Å². The van der Waals surface area contributed by atoms with E-state index in [1.165, 1.54) is 36.0 Å². The first-order valence-corrected chi connectivity index (χ1v) is 11.9. The molecule has 1 aromatic heterocycles. The summed E-state index contributed by atoms with van der Waals surface area (Å²) in [7, 11) is 0. The van der Waals surface area contributed by atoms with Crippen molar-refractivity contribution in [2.75, 3.05) is 10.6 Å². The lowest BCUT2D eigenvalue weighted by atomic mass is 10.3. The van der Waals surface area contributed by atoms with Gasteiger partial charge in [0.1, 0.15) is 0 Å². The van der Waals surface area contributed by atoms with Gasteiger partial charge in [-0.05, 0) is 43.3 Å². The van der Waals surface area contributed by atoms with Crippen LogP contribution in [0.3, 0.4) is 0 Å². The molecule has 11 heteroatoms. The minimum Gasteiger partial charge on any atom is -0.377 e. The molecule has 0 bridgehead atoms. The Hall–Kier alpha value is -3.89. The Bertz CT molecular complexity index is 1330. The SMILES string of the molecule is CC(Sc1nnc(CNc2ccccc2Cl)n1-c1ccccc1)C(=O)Nc1ccc([N+](=O)[O-])cc1. The number of nitrogens with one attached hydrogen (secondary N) is 2. The summed E-state index contributed by atoms with van der Waals surface area (Å²) < 4.78 is 1.89. The average molecular weight is 509 g/mol. The van der Waals surface area contributed by atoms with Crippen molar-refractivity contribution in [3.05, 3.63) is 99.8 Å². The Morgan fingerprint density at radius 2 is 1.74 bits per heavy atom. The summed E-state index contributed by atoms with van der Waals surface area (Å²) in [5, 5.41) is 26.2. The molecular formula is C24H21ClN6O3S. The number of para-hydroxylation sites is 2. The van der Waals surface area contributed by atoms with Crippen LogP contribution in [0, 0.1) is 10.1 Å². The van der Waals surface area contributed by atoms with Crippen LogP contribution < -0.4 is 10.6 Å². The third-order valence-corrected chi connectivity index (χ3v) is 6.39. The number of thioether (sulfide) groups is 1. The zero-order valence-corrected chi connectivity index (χ0v) is 20.2.